The lowest BCUT2D eigenvalue weighted by molar-refractivity contribution is -0.131. The minimum Gasteiger partial charge on any atom is -0.359 e. The van der Waals surface area contributed by atoms with Crippen molar-refractivity contribution in [1.82, 2.24) is 30.0 Å². The Morgan fingerprint density at radius 1 is 1.15 bits per heavy atom. The second kappa shape index (κ2) is 6.75. The molecule has 3 aromatic heterocycles. The number of likely N-dealkylation sites (N-methyl/N-ethyl adjacent to an activating group) is 1. The molecule has 4 aromatic rings. The second-order valence-electron chi connectivity index (χ2n) is 5.89. The first-order chi connectivity index (χ1) is 12.7. The van der Waals surface area contributed by atoms with E-state index in [0.29, 0.717) is 18.0 Å². The van der Waals surface area contributed by atoms with Crippen LogP contribution < -0.4 is 0 Å². The van der Waals surface area contributed by atoms with E-state index in [4.69, 9.17) is 4.52 Å². The molecule has 0 aliphatic rings. The van der Waals surface area contributed by atoms with E-state index in [2.05, 4.69) is 20.3 Å². The van der Waals surface area contributed by atoms with Crippen LogP contribution in [0.25, 0.3) is 22.3 Å². The summed E-state index contributed by atoms with van der Waals surface area (Å²) >= 11 is 0. The maximum absolute atomic E-state index is 12.4. The van der Waals surface area contributed by atoms with Crippen LogP contribution in [0.2, 0.25) is 0 Å². The van der Waals surface area contributed by atoms with Crippen molar-refractivity contribution in [1.29, 1.82) is 0 Å². The molecular formula is C18H16N6O2. The average molecular weight is 348 g/mol. The number of aromatic nitrogens is 5. The lowest BCUT2D eigenvalue weighted by Crippen LogP contribution is -2.30. The molecule has 0 radical (unpaired) electrons. The van der Waals surface area contributed by atoms with Gasteiger partial charge in [-0.05, 0) is 24.3 Å². The van der Waals surface area contributed by atoms with Gasteiger partial charge in [0.05, 0.1) is 6.54 Å². The fourth-order valence-electron chi connectivity index (χ4n) is 2.58. The number of pyridine rings is 1. The number of nitrogens with zero attached hydrogens (tertiary/aromatic N) is 6. The minimum absolute atomic E-state index is 0.0643. The Morgan fingerprint density at radius 2 is 1.92 bits per heavy atom. The quantitative estimate of drug-likeness (QED) is 0.549. The molecule has 0 saturated heterocycles. The highest BCUT2D eigenvalue weighted by molar-refractivity contribution is 5.77. The van der Waals surface area contributed by atoms with E-state index in [9.17, 15) is 4.79 Å². The van der Waals surface area contributed by atoms with E-state index >= 15 is 0 Å². The lowest BCUT2D eigenvalue weighted by Gasteiger charge is -2.14. The van der Waals surface area contributed by atoms with Gasteiger partial charge < -0.3 is 9.42 Å². The molecule has 1 amide bonds. The number of carbonyl (C=O) groups excluding carboxylic acids is 1. The third kappa shape index (κ3) is 3.30. The molecular weight excluding hydrogens is 332 g/mol. The summed E-state index contributed by atoms with van der Waals surface area (Å²) in [6.07, 6.45) is 3.41. The van der Waals surface area contributed by atoms with Crippen LogP contribution in [-0.2, 0) is 17.9 Å². The molecule has 0 saturated carbocycles. The Labute approximate surface area is 149 Å². The average Bonchev–Trinajstić information content (AvgIpc) is 3.28. The van der Waals surface area contributed by atoms with Gasteiger partial charge in [-0.15, -0.1) is 0 Å². The molecule has 0 fully saturated rings. The molecule has 0 atom stereocenters. The van der Waals surface area contributed by atoms with Crippen molar-refractivity contribution < 1.29 is 9.32 Å². The van der Waals surface area contributed by atoms with E-state index < -0.39 is 0 Å². The van der Waals surface area contributed by atoms with Crippen molar-refractivity contribution in [3.8, 4) is 11.3 Å². The normalized spacial score (nSPS) is 11.0. The van der Waals surface area contributed by atoms with Crippen molar-refractivity contribution in [2.24, 2.45) is 0 Å². The van der Waals surface area contributed by atoms with Crippen molar-refractivity contribution in [2.45, 2.75) is 13.1 Å². The van der Waals surface area contributed by atoms with Gasteiger partial charge in [-0.1, -0.05) is 17.3 Å². The summed E-state index contributed by atoms with van der Waals surface area (Å²) in [5.74, 6) is 0.475. The first-order valence-corrected chi connectivity index (χ1v) is 8.09. The predicted octanol–water partition coefficient (Wildman–Crippen LogP) is 2.14. The number of benzene rings is 1. The Kier molecular flexibility index (Phi) is 4.14. The van der Waals surface area contributed by atoms with Gasteiger partial charge in [0, 0.05) is 31.1 Å². The zero-order valence-corrected chi connectivity index (χ0v) is 14.1. The summed E-state index contributed by atoms with van der Waals surface area (Å²) in [7, 11) is 1.71. The van der Waals surface area contributed by atoms with Crippen LogP contribution in [0.5, 0.6) is 0 Å². The lowest BCUT2D eigenvalue weighted by atomic mass is 10.2. The largest absolute Gasteiger partial charge is 0.359 e. The summed E-state index contributed by atoms with van der Waals surface area (Å²) in [5, 5.41) is 12.6. The summed E-state index contributed by atoms with van der Waals surface area (Å²) in [5.41, 5.74) is 3.08. The first-order valence-electron chi connectivity index (χ1n) is 8.09. The highest BCUT2D eigenvalue weighted by Crippen LogP contribution is 2.18. The van der Waals surface area contributed by atoms with E-state index in [1.54, 1.807) is 30.4 Å². The molecule has 0 N–H and O–H groups in total. The zero-order valence-electron chi connectivity index (χ0n) is 14.1. The zero-order chi connectivity index (χ0) is 17.9. The minimum atomic E-state index is -0.121. The van der Waals surface area contributed by atoms with Gasteiger partial charge in [-0.25, -0.2) is 0 Å². The summed E-state index contributed by atoms with van der Waals surface area (Å²) in [6, 6.07) is 13.0. The fraction of sp³-hybridized carbons (Fsp3) is 0.167. The number of carbonyl (C=O) groups is 1. The molecule has 8 nitrogen and oxygen atoms in total. The molecule has 130 valence electrons. The summed E-state index contributed by atoms with van der Waals surface area (Å²) < 4.78 is 5.33. The van der Waals surface area contributed by atoms with E-state index in [-0.39, 0.29) is 12.5 Å². The van der Waals surface area contributed by atoms with Crippen molar-refractivity contribution >= 4 is 16.9 Å². The number of amides is 1. The highest BCUT2D eigenvalue weighted by Gasteiger charge is 2.15. The van der Waals surface area contributed by atoms with Crippen molar-refractivity contribution in [3.63, 3.8) is 0 Å². The van der Waals surface area contributed by atoms with E-state index in [0.717, 1.165) is 16.6 Å². The van der Waals surface area contributed by atoms with Crippen LogP contribution in [-0.4, -0.2) is 43.0 Å². The number of hydrogen-bond donors (Lipinski definition) is 0. The number of fused-ring (bicyclic) bond motifs is 1. The van der Waals surface area contributed by atoms with Crippen LogP contribution in [0, 0.1) is 0 Å². The topological polar surface area (TPSA) is 89.9 Å². The van der Waals surface area contributed by atoms with Crippen molar-refractivity contribution in [3.05, 3.63) is 60.6 Å². The molecule has 4 rings (SSSR count). The standard InChI is InChI=1S/C18H16N6O2/c1-23(11-14-9-17(22-26-14)13-5-4-8-19-10-13)18(25)12-24-20-15-6-2-3-7-16(15)21-24/h2-10H,11-12H2,1H3. The maximum atomic E-state index is 12.4. The van der Waals surface area contributed by atoms with Gasteiger partial charge in [0.15, 0.2) is 5.76 Å². The number of rotatable bonds is 5. The molecule has 0 bridgehead atoms. The number of hydrogen-bond acceptors (Lipinski definition) is 6. The highest BCUT2D eigenvalue weighted by atomic mass is 16.5. The second-order valence-corrected chi connectivity index (χ2v) is 5.89. The molecule has 0 unspecified atom stereocenters. The van der Waals surface area contributed by atoms with Crippen LogP contribution in [0.1, 0.15) is 5.76 Å². The van der Waals surface area contributed by atoms with Gasteiger partial charge in [-0.2, -0.15) is 15.0 Å². The molecule has 0 spiro atoms. The Bertz CT molecular complexity index is 1010. The Morgan fingerprint density at radius 3 is 2.62 bits per heavy atom. The molecule has 0 aliphatic heterocycles. The third-order valence-electron chi connectivity index (χ3n) is 3.94. The summed E-state index contributed by atoms with van der Waals surface area (Å²) in [4.78, 5) is 19.4. The molecule has 3 heterocycles. The smallest absolute Gasteiger partial charge is 0.246 e. The van der Waals surface area contributed by atoms with E-state index in [1.807, 2.05) is 36.4 Å². The Balaban J connectivity index is 1.42. The Hall–Kier alpha value is -3.55. The molecule has 26 heavy (non-hydrogen) atoms. The SMILES string of the molecule is CN(Cc1cc(-c2cccnc2)no1)C(=O)Cn1nc2ccccc2n1. The summed E-state index contributed by atoms with van der Waals surface area (Å²) in [6.45, 7) is 0.377. The molecule has 0 aliphatic carbocycles. The molecule has 8 heteroatoms. The fourth-order valence-corrected chi connectivity index (χ4v) is 2.58. The monoisotopic (exact) mass is 348 g/mol. The third-order valence-corrected chi connectivity index (χ3v) is 3.94. The van der Waals surface area contributed by atoms with Gasteiger partial charge in [0.25, 0.3) is 0 Å². The first kappa shape index (κ1) is 15.9. The van der Waals surface area contributed by atoms with Crippen molar-refractivity contribution in [2.75, 3.05) is 7.05 Å². The van der Waals surface area contributed by atoms with Crippen LogP contribution in [0.4, 0.5) is 0 Å². The maximum Gasteiger partial charge on any atom is 0.246 e. The predicted molar refractivity (Wildman–Crippen MR) is 93.7 cm³/mol. The van der Waals surface area contributed by atoms with Gasteiger partial charge in [0.1, 0.15) is 23.3 Å². The van der Waals surface area contributed by atoms with Gasteiger partial charge in [-0.3, -0.25) is 9.78 Å². The molecule has 1 aromatic carbocycles. The van der Waals surface area contributed by atoms with Gasteiger partial charge in [0.2, 0.25) is 5.91 Å². The van der Waals surface area contributed by atoms with Crippen LogP contribution in [0.3, 0.4) is 0 Å². The van der Waals surface area contributed by atoms with E-state index in [1.165, 1.54) is 4.80 Å². The van der Waals surface area contributed by atoms with Gasteiger partial charge >= 0.3 is 0 Å². The van der Waals surface area contributed by atoms with Crippen LogP contribution >= 0.6 is 0 Å². The van der Waals surface area contributed by atoms with Crippen LogP contribution in [0.15, 0.2) is 59.4 Å².